The molecule has 0 unspecified atom stereocenters. The van der Waals surface area contributed by atoms with E-state index in [0.29, 0.717) is 22.4 Å². The predicted molar refractivity (Wildman–Crippen MR) is 74.9 cm³/mol. The quantitative estimate of drug-likeness (QED) is 0.835. The fraction of sp³-hybridized carbons (Fsp3) is 0.167. The third kappa shape index (κ3) is 2.79. The lowest BCUT2D eigenvalue weighted by Gasteiger charge is -2.10. The molecule has 0 saturated carbocycles. The van der Waals surface area contributed by atoms with E-state index in [9.17, 15) is 4.39 Å². The van der Waals surface area contributed by atoms with Gasteiger partial charge in [0.1, 0.15) is 5.82 Å². The van der Waals surface area contributed by atoms with Crippen LogP contribution in [0.3, 0.4) is 0 Å². The zero-order valence-corrected chi connectivity index (χ0v) is 11.7. The van der Waals surface area contributed by atoms with Crippen LogP contribution in [-0.2, 0) is 6.54 Å². The van der Waals surface area contributed by atoms with Crippen LogP contribution in [0, 0.1) is 12.7 Å². The summed E-state index contributed by atoms with van der Waals surface area (Å²) in [6.07, 6.45) is 0. The molecule has 90 valence electrons. The molecule has 0 bridgehead atoms. The van der Waals surface area contributed by atoms with Crippen LogP contribution in [0.5, 0.6) is 0 Å². The number of aryl methyl sites for hydroxylation is 1. The Hall–Kier alpha value is -1.07. The van der Waals surface area contributed by atoms with Crippen molar-refractivity contribution in [1.82, 2.24) is 0 Å². The van der Waals surface area contributed by atoms with Crippen molar-refractivity contribution < 1.29 is 4.39 Å². The molecular weight excluding hydrogens is 303 g/mol. The standard InChI is InChI=1S/C12H12BrFN2S/c1-7-5-17-6-8(7)4-16-12-3-10(14)9(13)2-11(12)15/h2-3,5-6,16H,4,15H2,1H3. The fourth-order valence-corrected chi connectivity index (χ4v) is 2.69. The van der Waals surface area contributed by atoms with Gasteiger partial charge in [0.15, 0.2) is 0 Å². The number of hydrogen-bond donors (Lipinski definition) is 2. The number of anilines is 2. The topological polar surface area (TPSA) is 38.0 Å². The van der Waals surface area contributed by atoms with Crippen molar-refractivity contribution in [2.24, 2.45) is 0 Å². The summed E-state index contributed by atoms with van der Waals surface area (Å²) < 4.78 is 13.7. The van der Waals surface area contributed by atoms with Crippen molar-refractivity contribution in [2.45, 2.75) is 13.5 Å². The van der Waals surface area contributed by atoms with Gasteiger partial charge in [-0.2, -0.15) is 11.3 Å². The Kier molecular flexibility index (Phi) is 3.69. The van der Waals surface area contributed by atoms with Gasteiger partial charge in [0.25, 0.3) is 0 Å². The molecular formula is C12H12BrFN2S. The fourth-order valence-electron chi connectivity index (χ4n) is 1.47. The highest BCUT2D eigenvalue weighted by molar-refractivity contribution is 9.10. The summed E-state index contributed by atoms with van der Waals surface area (Å²) in [4.78, 5) is 0. The molecule has 2 rings (SSSR count). The second-order valence-corrected chi connectivity index (χ2v) is 5.39. The molecule has 0 spiro atoms. The number of nitrogens with one attached hydrogen (secondary N) is 1. The third-order valence-corrected chi connectivity index (χ3v) is 4.04. The monoisotopic (exact) mass is 314 g/mol. The van der Waals surface area contributed by atoms with E-state index in [1.54, 1.807) is 17.4 Å². The lowest BCUT2D eigenvalue weighted by molar-refractivity contribution is 0.622. The van der Waals surface area contributed by atoms with Crippen molar-refractivity contribution in [1.29, 1.82) is 0 Å². The highest BCUT2D eigenvalue weighted by Crippen LogP contribution is 2.27. The van der Waals surface area contributed by atoms with E-state index in [2.05, 4.69) is 38.9 Å². The lowest BCUT2D eigenvalue weighted by atomic mass is 10.2. The summed E-state index contributed by atoms with van der Waals surface area (Å²) in [5.74, 6) is -0.316. The summed E-state index contributed by atoms with van der Waals surface area (Å²) in [5.41, 5.74) is 9.41. The number of thiophene rings is 1. The lowest BCUT2D eigenvalue weighted by Crippen LogP contribution is -2.03. The van der Waals surface area contributed by atoms with Crippen LogP contribution in [0.1, 0.15) is 11.1 Å². The molecule has 0 aliphatic heterocycles. The smallest absolute Gasteiger partial charge is 0.139 e. The summed E-state index contributed by atoms with van der Waals surface area (Å²) in [6, 6.07) is 2.97. The predicted octanol–water partition coefficient (Wildman–Crippen LogP) is 4.15. The maximum absolute atomic E-state index is 13.4. The maximum atomic E-state index is 13.4. The Morgan fingerprint density at radius 2 is 2.18 bits per heavy atom. The SMILES string of the molecule is Cc1cscc1CNc1cc(F)c(Br)cc1N. The Balaban J connectivity index is 2.14. The first-order valence-electron chi connectivity index (χ1n) is 5.08. The Morgan fingerprint density at radius 1 is 1.41 bits per heavy atom. The van der Waals surface area contributed by atoms with Gasteiger partial charge < -0.3 is 11.1 Å². The summed E-state index contributed by atoms with van der Waals surface area (Å²) in [7, 11) is 0. The number of halogens is 2. The molecule has 17 heavy (non-hydrogen) atoms. The molecule has 5 heteroatoms. The van der Waals surface area contributed by atoms with Gasteiger partial charge >= 0.3 is 0 Å². The van der Waals surface area contributed by atoms with Crippen LogP contribution in [0.15, 0.2) is 27.4 Å². The van der Waals surface area contributed by atoms with E-state index >= 15 is 0 Å². The van der Waals surface area contributed by atoms with Crippen LogP contribution < -0.4 is 11.1 Å². The van der Waals surface area contributed by atoms with E-state index in [1.807, 2.05) is 0 Å². The van der Waals surface area contributed by atoms with Gasteiger partial charge in [0, 0.05) is 12.6 Å². The highest BCUT2D eigenvalue weighted by Gasteiger charge is 2.06. The van der Waals surface area contributed by atoms with Crippen molar-refractivity contribution in [3.05, 3.63) is 44.3 Å². The molecule has 0 amide bonds. The molecule has 2 aromatic rings. The van der Waals surface area contributed by atoms with E-state index in [-0.39, 0.29) is 5.82 Å². The molecule has 0 aliphatic rings. The molecule has 0 aliphatic carbocycles. The molecule has 3 N–H and O–H groups in total. The van der Waals surface area contributed by atoms with Crippen LogP contribution in [0.2, 0.25) is 0 Å². The van der Waals surface area contributed by atoms with Gasteiger partial charge in [-0.05, 0) is 50.8 Å². The first-order valence-corrected chi connectivity index (χ1v) is 6.81. The Bertz CT molecular complexity index is 539. The minimum absolute atomic E-state index is 0.316. The zero-order valence-electron chi connectivity index (χ0n) is 9.26. The second kappa shape index (κ2) is 5.06. The largest absolute Gasteiger partial charge is 0.397 e. The van der Waals surface area contributed by atoms with Crippen LogP contribution in [0.25, 0.3) is 0 Å². The van der Waals surface area contributed by atoms with Crippen LogP contribution in [0.4, 0.5) is 15.8 Å². The van der Waals surface area contributed by atoms with E-state index < -0.39 is 0 Å². The highest BCUT2D eigenvalue weighted by atomic mass is 79.9. The Morgan fingerprint density at radius 3 is 2.82 bits per heavy atom. The van der Waals surface area contributed by atoms with E-state index in [0.717, 1.165) is 0 Å². The number of nitrogen functional groups attached to an aromatic ring is 1. The summed E-state index contributed by atoms with van der Waals surface area (Å²) in [6.45, 7) is 2.71. The van der Waals surface area contributed by atoms with Crippen molar-refractivity contribution >= 4 is 38.6 Å². The third-order valence-electron chi connectivity index (χ3n) is 2.52. The molecule has 1 aromatic heterocycles. The van der Waals surface area contributed by atoms with Crippen molar-refractivity contribution in [2.75, 3.05) is 11.1 Å². The van der Waals surface area contributed by atoms with Crippen molar-refractivity contribution in [3.63, 3.8) is 0 Å². The molecule has 0 atom stereocenters. The van der Waals surface area contributed by atoms with E-state index in [1.165, 1.54) is 17.2 Å². The number of nitrogens with two attached hydrogens (primary N) is 1. The first-order chi connectivity index (χ1) is 8.08. The molecule has 0 radical (unpaired) electrons. The van der Waals surface area contributed by atoms with Crippen LogP contribution >= 0.6 is 27.3 Å². The first kappa shape index (κ1) is 12.4. The van der Waals surface area contributed by atoms with Gasteiger partial charge in [0.2, 0.25) is 0 Å². The maximum Gasteiger partial charge on any atom is 0.139 e. The van der Waals surface area contributed by atoms with Crippen molar-refractivity contribution in [3.8, 4) is 0 Å². The normalized spacial score (nSPS) is 10.5. The second-order valence-electron chi connectivity index (χ2n) is 3.79. The minimum atomic E-state index is -0.316. The Labute approximate surface area is 112 Å². The average Bonchev–Trinajstić information content (AvgIpc) is 2.68. The number of benzene rings is 1. The summed E-state index contributed by atoms with van der Waals surface area (Å²) in [5, 5.41) is 7.31. The van der Waals surface area contributed by atoms with E-state index in [4.69, 9.17) is 5.73 Å². The van der Waals surface area contributed by atoms with Gasteiger partial charge in [-0.3, -0.25) is 0 Å². The number of rotatable bonds is 3. The zero-order chi connectivity index (χ0) is 12.4. The molecule has 1 aromatic carbocycles. The van der Waals surface area contributed by atoms with Crippen LogP contribution in [-0.4, -0.2) is 0 Å². The van der Waals surface area contributed by atoms with Gasteiger partial charge in [-0.15, -0.1) is 0 Å². The minimum Gasteiger partial charge on any atom is -0.397 e. The molecule has 2 nitrogen and oxygen atoms in total. The molecule has 1 heterocycles. The number of hydrogen-bond acceptors (Lipinski definition) is 3. The van der Waals surface area contributed by atoms with Gasteiger partial charge in [0.05, 0.1) is 15.8 Å². The summed E-state index contributed by atoms with van der Waals surface area (Å²) >= 11 is 4.76. The van der Waals surface area contributed by atoms with Gasteiger partial charge in [-0.25, -0.2) is 4.39 Å². The molecule has 0 saturated heterocycles. The molecule has 0 fully saturated rings. The average molecular weight is 315 g/mol. The van der Waals surface area contributed by atoms with Gasteiger partial charge in [-0.1, -0.05) is 0 Å².